The Morgan fingerprint density at radius 1 is 1.11 bits per heavy atom. The average molecular weight is 371 g/mol. The van der Waals surface area contributed by atoms with Crippen LogP contribution in [-0.2, 0) is 16.1 Å². The van der Waals surface area contributed by atoms with Crippen LogP contribution >= 0.6 is 0 Å². The Kier molecular flexibility index (Phi) is 5.76. The lowest BCUT2D eigenvalue weighted by atomic mass is 10.0. The van der Waals surface area contributed by atoms with E-state index in [4.69, 9.17) is 9.47 Å². The van der Waals surface area contributed by atoms with Crippen LogP contribution in [0, 0.1) is 0 Å². The number of aliphatic hydroxyl groups excluding tert-OH is 1. The minimum absolute atomic E-state index is 0.0189. The number of anilines is 3. The molecule has 0 aromatic carbocycles. The van der Waals surface area contributed by atoms with Gasteiger partial charge in [-0.15, -0.1) is 0 Å². The predicted octanol–water partition coefficient (Wildman–Crippen LogP) is 2.19. The molecule has 2 fully saturated rings. The first-order valence-electron chi connectivity index (χ1n) is 9.47. The Morgan fingerprint density at radius 3 is 2.70 bits per heavy atom. The predicted molar refractivity (Wildman–Crippen MR) is 101 cm³/mol. The zero-order chi connectivity index (χ0) is 18.5. The molecule has 0 saturated carbocycles. The molecular formula is C19H25N5O3. The molecular weight excluding hydrogens is 346 g/mol. The van der Waals surface area contributed by atoms with Crippen LogP contribution in [0.1, 0.15) is 36.8 Å². The molecule has 8 heteroatoms. The number of nitrogens with one attached hydrogen (secondary N) is 1. The van der Waals surface area contributed by atoms with E-state index in [9.17, 15) is 5.11 Å². The van der Waals surface area contributed by atoms with E-state index in [0.29, 0.717) is 11.6 Å². The van der Waals surface area contributed by atoms with Gasteiger partial charge in [-0.05, 0) is 31.4 Å². The Morgan fingerprint density at radius 2 is 2.00 bits per heavy atom. The van der Waals surface area contributed by atoms with Gasteiger partial charge in [0.15, 0.2) is 5.82 Å². The van der Waals surface area contributed by atoms with Gasteiger partial charge in [0.1, 0.15) is 18.2 Å². The summed E-state index contributed by atoms with van der Waals surface area (Å²) in [5.41, 5.74) is 1.76. The van der Waals surface area contributed by atoms with Crippen LogP contribution in [0.25, 0.3) is 0 Å². The van der Waals surface area contributed by atoms with Crippen molar-refractivity contribution in [2.45, 2.75) is 32.0 Å². The molecule has 0 bridgehead atoms. The normalized spacial score (nSPS) is 20.5. The SMILES string of the molecule is OCc1ncc(C2CCCCO2)c(Nc2ccc(N3CCOCC3)nc2)n1. The summed E-state index contributed by atoms with van der Waals surface area (Å²) in [6.07, 6.45) is 6.70. The van der Waals surface area contributed by atoms with Crippen LogP contribution in [0.4, 0.5) is 17.3 Å². The summed E-state index contributed by atoms with van der Waals surface area (Å²) in [4.78, 5) is 15.5. The molecule has 27 heavy (non-hydrogen) atoms. The highest BCUT2D eigenvalue weighted by Crippen LogP contribution is 2.32. The summed E-state index contributed by atoms with van der Waals surface area (Å²) in [6.45, 7) is 3.73. The fourth-order valence-electron chi connectivity index (χ4n) is 3.40. The van der Waals surface area contributed by atoms with Gasteiger partial charge >= 0.3 is 0 Å². The Labute approximate surface area is 158 Å². The molecule has 0 aliphatic carbocycles. The average Bonchev–Trinajstić information content (AvgIpc) is 2.75. The molecule has 2 aliphatic rings. The van der Waals surface area contributed by atoms with Crippen molar-refractivity contribution >= 4 is 17.3 Å². The highest BCUT2D eigenvalue weighted by atomic mass is 16.5. The number of nitrogens with zero attached hydrogens (tertiary/aromatic N) is 4. The van der Waals surface area contributed by atoms with Crippen LogP contribution in [0.5, 0.6) is 0 Å². The smallest absolute Gasteiger partial charge is 0.156 e. The maximum Gasteiger partial charge on any atom is 0.156 e. The van der Waals surface area contributed by atoms with Crippen molar-refractivity contribution in [1.29, 1.82) is 0 Å². The molecule has 1 atom stereocenters. The van der Waals surface area contributed by atoms with Crippen LogP contribution in [-0.4, -0.2) is 53.0 Å². The van der Waals surface area contributed by atoms with Crippen molar-refractivity contribution in [2.24, 2.45) is 0 Å². The van der Waals surface area contributed by atoms with Gasteiger partial charge < -0.3 is 24.8 Å². The number of morpholine rings is 1. The molecule has 0 amide bonds. The van der Waals surface area contributed by atoms with Gasteiger partial charge in [0.25, 0.3) is 0 Å². The third-order valence-electron chi connectivity index (χ3n) is 4.88. The fourth-order valence-corrected chi connectivity index (χ4v) is 3.40. The number of aromatic nitrogens is 3. The molecule has 8 nitrogen and oxygen atoms in total. The lowest BCUT2D eigenvalue weighted by Gasteiger charge is -2.28. The number of ether oxygens (including phenoxy) is 2. The van der Waals surface area contributed by atoms with E-state index in [2.05, 4.69) is 25.2 Å². The summed E-state index contributed by atoms with van der Waals surface area (Å²) in [5, 5.41) is 12.7. The van der Waals surface area contributed by atoms with Gasteiger partial charge in [-0.1, -0.05) is 0 Å². The zero-order valence-electron chi connectivity index (χ0n) is 15.3. The molecule has 0 spiro atoms. The fraction of sp³-hybridized carbons (Fsp3) is 0.526. The van der Waals surface area contributed by atoms with E-state index in [1.165, 1.54) is 0 Å². The number of aliphatic hydroxyl groups is 1. The second kappa shape index (κ2) is 8.60. The summed E-state index contributed by atoms with van der Waals surface area (Å²) >= 11 is 0. The molecule has 4 heterocycles. The first-order chi connectivity index (χ1) is 13.3. The molecule has 2 aromatic heterocycles. The van der Waals surface area contributed by atoms with Gasteiger partial charge in [-0.2, -0.15) is 0 Å². The third kappa shape index (κ3) is 4.35. The first-order valence-corrected chi connectivity index (χ1v) is 9.47. The van der Waals surface area contributed by atoms with Gasteiger partial charge in [-0.25, -0.2) is 15.0 Å². The van der Waals surface area contributed by atoms with Crippen molar-refractivity contribution in [1.82, 2.24) is 15.0 Å². The molecule has 2 saturated heterocycles. The Bertz CT molecular complexity index is 744. The lowest BCUT2D eigenvalue weighted by Crippen LogP contribution is -2.36. The van der Waals surface area contributed by atoms with Crippen molar-refractivity contribution in [2.75, 3.05) is 43.1 Å². The maximum atomic E-state index is 9.40. The van der Waals surface area contributed by atoms with Gasteiger partial charge in [0.2, 0.25) is 0 Å². The second-order valence-electron chi connectivity index (χ2n) is 6.73. The summed E-state index contributed by atoms with van der Waals surface area (Å²) < 4.78 is 11.3. The van der Waals surface area contributed by atoms with E-state index in [-0.39, 0.29) is 12.7 Å². The van der Waals surface area contributed by atoms with Crippen molar-refractivity contribution in [3.63, 3.8) is 0 Å². The topological polar surface area (TPSA) is 92.6 Å². The number of hydrogen-bond acceptors (Lipinski definition) is 8. The van der Waals surface area contributed by atoms with Gasteiger partial charge in [0.05, 0.1) is 31.2 Å². The third-order valence-corrected chi connectivity index (χ3v) is 4.88. The van der Waals surface area contributed by atoms with E-state index in [1.807, 2.05) is 12.1 Å². The second-order valence-corrected chi connectivity index (χ2v) is 6.73. The van der Waals surface area contributed by atoms with E-state index >= 15 is 0 Å². The van der Waals surface area contributed by atoms with Crippen LogP contribution in [0.15, 0.2) is 24.5 Å². The number of hydrogen-bond donors (Lipinski definition) is 2. The largest absolute Gasteiger partial charge is 0.388 e. The minimum Gasteiger partial charge on any atom is -0.388 e. The number of pyridine rings is 1. The molecule has 2 N–H and O–H groups in total. The summed E-state index contributed by atoms with van der Waals surface area (Å²) in [7, 11) is 0. The van der Waals surface area contributed by atoms with Crippen molar-refractivity contribution in [3.8, 4) is 0 Å². The van der Waals surface area contributed by atoms with E-state index < -0.39 is 0 Å². The standard InChI is InChI=1S/C19H25N5O3/c25-13-17-20-12-15(16-3-1-2-8-27-16)19(23-17)22-14-4-5-18(21-11-14)24-6-9-26-10-7-24/h4-5,11-12,16,25H,1-3,6-10,13H2,(H,20,22,23). The van der Waals surface area contributed by atoms with Crippen LogP contribution in [0.3, 0.4) is 0 Å². The summed E-state index contributed by atoms with van der Waals surface area (Å²) in [6, 6.07) is 3.99. The lowest BCUT2D eigenvalue weighted by molar-refractivity contribution is 0.0149. The van der Waals surface area contributed by atoms with Gasteiger partial charge in [-0.3, -0.25) is 0 Å². The Balaban J connectivity index is 1.53. The molecule has 1 unspecified atom stereocenters. The Hall–Kier alpha value is -2.29. The molecule has 2 aliphatic heterocycles. The number of rotatable bonds is 5. The zero-order valence-corrected chi connectivity index (χ0v) is 15.3. The molecule has 2 aromatic rings. The van der Waals surface area contributed by atoms with Gasteiger partial charge in [0, 0.05) is 31.5 Å². The monoisotopic (exact) mass is 371 g/mol. The van der Waals surface area contributed by atoms with Crippen LogP contribution < -0.4 is 10.2 Å². The minimum atomic E-state index is -0.200. The van der Waals surface area contributed by atoms with Crippen molar-refractivity contribution in [3.05, 3.63) is 35.9 Å². The molecule has 4 rings (SSSR count). The highest BCUT2D eigenvalue weighted by Gasteiger charge is 2.21. The summed E-state index contributed by atoms with van der Waals surface area (Å²) in [5.74, 6) is 2.00. The maximum absolute atomic E-state index is 9.40. The first kappa shape index (κ1) is 18.1. The molecule has 144 valence electrons. The quantitative estimate of drug-likeness (QED) is 0.826. The highest BCUT2D eigenvalue weighted by molar-refractivity contribution is 5.60. The van der Waals surface area contributed by atoms with Crippen molar-refractivity contribution < 1.29 is 14.6 Å². The van der Waals surface area contributed by atoms with E-state index in [0.717, 1.165) is 69.2 Å². The van der Waals surface area contributed by atoms with Crippen LogP contribution in [0.2, 0.25) is 0 Å². The molecule has 0 radical (unpaired) electrons. The van der Waals surface area contributed by atoms with E-state index in [1.54, 1.807) is 12.4 Å².